The molecule has 0 aromatic rings. The first kappa shape index (κ1) is 11.8. The van der Waals surface area contributed by atoms with Crippen molar-refractivity contribution in [3.63, 3.8) is 0 Å². The van der Waals surface area contributed by atoms with Crippen LogP contribution in [0.3, 0.4) is 0 Å². The maximum Gasteiger partial charge on any atom is 0.175 e. The lowest BCUT2D eigenvalue weighted by Gasteiger charge is -2.16. The molecule has 2 heteroatoms. The van der Waals surface area contributed by atoms with Gasteiger partial charge in [0.2, 0.25) is 0 Å². The first-order valence-electron chi connectivity index (χ1n) is 6.84. The van der Waals surface area contributed by atoms with Crippen molar-refractivity contribution in [3.8, 4) is 0 Å². The van der Waals surface area contributed by atoms with Gasteiger partial charge in [0.25, 0.3) is 0 Å². The highest BCUT2D eigenvalue weighted by atomic mass is 16.1. The van der Waals surface area contributed by atoms with Gasteiger partial charge in [0.15, 0.2) is 5.78 Å². The van der Waals surface area contributed by atoms with Crippen molar-refractivity contribution >= 4 is 5.78 Å². The molecule has 0 aromatic carbocycles. The fourth-order valence-corrected chi connectivity index (χ4v) is 2.71. The van der Waals surface area contributed by atoms with Gasteiger partial charge < -0.3 is 5.32 Å². The monoisotopic (exact) mass is 221 g/mol. The lowest BCUT2D eigenvalue weighted by Crippen LogP contribution is -2.36. The maximum absolute atomic E-state index is 12.3. The number of hydrogen-bond donors (Lipinski definition) is 1. The molecule has 1 unspecified atom stereocenters. The molecule has 0 amide bonds. The van der Waals surface area contributed by atoms with E-state index >= 15 is 0 Å². The van der Waals surface area contributed by atoms with E-state index in [4.69, 9.17) is 0 Å². The van der Waals surface area contributed by atoms with Crippen molar-refractivity contribution in [1.29, 1.82) is 0 Å². The number of nitrogens with one attached hydrogen (secondary N) is 1. The number of carbonyl (C=O) groups is 1. The first-order valence-corrected chi connectivity index (χ1v) is 6.84. The van der Waals surface area contributed by atoms with Crippen molar-refractivity contribution in [2.24, 2.45) is 0 Å². The van der Waals surface area contributed by atoms with E-state index in [0.717, 1.165) is 31.4 Å². The van der Waals surface area contributed by atoms with Gasteiger partial charge in [0.05, 0.1) is 6.04 Å². The molecule has 90 valence electrons. The second kappa shape index (κ2) is 6.19. The van der Waals surface area contributed by atoms with E-state index in [1.807, 2.05) is 0 Å². The van der Waals surface area contributed by atoms with Crippen molar-refractivity contribution in [1.82, 2.24) is 5.32 Å². The third-order valence-corrected chi connectivity index (χ3v) is 3.73. The Bertz CT molecular complexity index is 262. The van der Waals surface area contributed by atoms with Gasteiger partial charge in [-0.1, -0.05) is 25.3 Å². The Balaban J connectivity index is 1.96. The second-order valence-corrected chi connectivity index (χ2v) is 5.05. The molecule has 2 aliphatic rings. The molecule has 1 atom stereocenters. The van der Waals surface area contributed by atoms with Crippen LogP contribution in [0.4, 0.5) is 0 Å². The fraction of sp³-hybridized carbons (Fsp3) is 0.786. The molecule has 16 heavy (non-hydrogen) atoms. The van der Waals surface area contributed by atoms with Gasteiger partial charge in [-0.05, 0) is 50.6 Å². The van der Waals surface area contributed by atoms with Crippen molar-refractivity contribution in [2.45, 2.75) is 63.8 Å². The van der Waals surface area contributed by atoms with E-state index in [-0.39, 0.29) is 6.04 Å². The van der Waals surface area contributed by atoms with E-state index in [2.05, 4.69) is 11.4 Å². The molecular formula is C14H23NO. The molecule has 1 fully saturated rings. The zero-order valence-electron chi connectivity index (χ0n) is 10.1. The summed E-state index contributed by atoms with van der Waals surface area (Å²) in [5.74, 6) is 0.392. The molecule has 1 aliphatic carbocycles. The summed E-state index contributed by atoms with van der Waals surface area (Å²) in [7, 11) is 0. The van der Waals surface area contributed by atoms with Crippen LogP contribution in [0, 0.1) is 0 Å². The largest absolute Gasteiger partial charge is 0.307 e. The van der Waals surface area contributed by atoms with Gasteiger partial charge in [-0.15, -0.1) is 0 Å². The molecule has 0 aromatic heterocycles. The van der Waals surface area contributed by atoms with Crippen LogP contribution in [0.1, 0.15) is 57.8 Å². The van der Waals surface area contributed by atoms with Crippen molar-refractivity contribution in [3.05, 3.63) is 11.6 Å². The molecule has 1 aliphatic heterocycles. The highest BCUT2D eigenvalue weighted by Crippen LogP contribution is 2.21. The van der Waals surface area contributed by atoms with Crippen molar-refractivity contribution in [2.75, 3.05) is 6.54 Å². The molecule has 2 nitrogen and oxygen atoms in total. The van der Waals surface area contributed by atoms with E-state index < -0.39 is 0 Å². The SMILES string of the molecule is O=C(C1=CCCCCC1)C1CCCCCN1. The van der Waals surface area contributed by atoms with E-state index in [0.29, 0.717) is 5.78 Å². The molecule has 0 radical (unpaired) electrons. The van der Waals surface area contributed by atoms with Gasteiger partial charge in [0, 0.05) is 0 Å². The molecule has 0 bridgehead atoms. The average molecular weight is 221 g/mol. The fourth-order valence-electron chi connectivity index (χ4n) is 2.71. The predicted molar refractivity (Wildman–Crippen MR) is 66.4 cm³/mol. The Morgan fingerprint density at radius 1 is 1.12 bits per heavy atom. The number of allylic oxidation sites excluding steroid dienone is 1. The van der Waals surface area contributed by atoms with Crippen LogP contribution >= 0.6 is 0 Å². The minimum absolute atomic E-state index is 0.117. The van der Waals surface area contributed by atoms with Crippen LogP contribution < -0.4 is 5.32 Å². The third kappa shape index (κ3) is 3.18. The quantitative estimate of drug-likeness (QED) is 0.776. The summed E-state index contributed by atoms with van der Waals surface area (Å²) in [4.78, 5) is 12.3. The predicted octanol–water partition coefficient (Wildman–Crippen LogP) is 2.98. The second-order valence-electron chi connectivity index (χ2n) is 5.05. The smallest absolute Gasteiger partial charge is 0.175 e. The maximum atomic E-state index is 12.3. The molecular weight excluding hydrogens is 198 g/mol. The normalized spacial score (nSPS) is 27.8. The minimum Gasteiger partial charge on any atom is -0.307 e. The van der Waals surface area contributed by atoms with Crippen LogP contribution in [-0.4, -0.2) is 18.4 Å². The van der Waals surface area contributed by atoms with Crippen LogP contribution in [0.25, 0.3) is 0 Å². The van der Waals surface area contributed by atoms with Gasteiger partial charge in [-0.3, -0.25) is 4.79 Å². The Labute approximate surface area is 98.5 Å². The van der Waals surface area contributed by atoms with Crippen LogP contribution in [0.2, 0.25) is 0 Å². The van der Waals surface area contributed by atoms with Gasteiger partial charge in [-0.25, -0.2) is 0 Å². The van der Waals surface area contributed by atoms with E-state index in [1.165, 1.54) is 38.5 Å². The summed E-state index contributed by atoms with van der Waals surface area (Å²) in [5, 5.41) is 3.41. The average Bonchev–Trinajstić information content (AvgIpc) is 2.73. The number of hydrogen-bond acceptors (Lipinski definition) is 2. The van der Waals surface area contributed by atoms with E-state index in [9.17, 15) is 4.79 Å². The summed E-state index contributed by atoms with van der Waals surface area (Å²) in [6, 6.07) is 0.117. The summed E-state index contributed by atoms with van der Waals surface area (Å²) in [5.41, 5.74) is 1.11. The van der Waals surface area contributed by atoms with Gasteiger partial charge >= 0.3 is 0 Å². The van der Waals surface area contributed by atoms with Gasteiger partial charge in [-0.2, -0.15) is 0 Å². The zero-order valence-corrected chi connectivity index (χ0v) is 10.1. The summed E-state index contributed by atoms with van der Waals surface area (Å²) < 4.78 is 0. The number of ketones is 1. The summed E-state index contributed by atoms with van der Waals surface area (Å²) in [6.07, 6.45) is 12.8. The number of rotatable bonds is 2. The molecule has 1 heterocycles. The number of carbonyl (C=O) groups excluding carboxylic acids is 1. The Morgan fingerprint density at radius 3 is 2.94 bits per heavy atom. The highest BCUT2D eigenvalue weighted by Gasteiger charge is 2.22. The van der Waals surface area contributed by atoms with E-state index in [1.54, 1.807) is 0 Å². The lowest BCUT2D eigenvalue weighted by atomic mass is 9.97. The summed E-state index contributed by atoms with van der Waals surface area (Å²) >= 11 is 0. The van der Waals surface area contributed by atoms with Crippen molar-refractivity contribution < 1.29 is 4.79 Å². The molecule has 2 rings (SSSR count). The minimum atomic E-state index is 0.117. The van der Waals surface area contributed by atoms with Crippen LogP contribution in [0.5, 0.6) is 0 Å². The van der Waals surface area contributed by atoms with Gasteiger partial charge in [0.1, 0.15) is 0 Å². The number of Topliss-reactive ketones (excluding diaryl/α,β-unsaturated/α-hetero) is 1. The molecule has 1 N–H and O–H groups in total. The highest BCUT2D eigenvalue weighted by molar-refractivity contribution is 5.99. The zero-order chi connectivity index (χ0) is 11.2. The molecule has 0 spiro atoms. The first-order chi connectivity index (χ1) is 7.88. The Morgan fingerprint density at radius 2 is 2.00 bits per heavy atom. The standard InChI is InChI=1S/C14H23NO/c16-14(12-8-4-1-2-5-9-12)13-10-6-3-7-11-15-13/h8,13,15H,1-7,9-11H2. The molecule has 1 saturated heterocycles. The van der Waals surface area contributed by atoms with Crippen LogP contribution in [0.15, 0.2) is 11.6 Å². The Kier molecular flexibility index (Phi) is 4.58. The summed E-state index contributed by atoms with van der Waals surface area (Å²) in [6.45, 7) is 1.02. The third-order valence-electron chi connectivity index (χ3n) is 3.73. The van der Waals surface area contributed by atoms with Crippen LogP contribution in [-0.2, 0) is 4.79 Å². The molecule has 0 saturated carbocycles. The Hall–Kier alpha value is -0.630. The topological polar surface area (TPSA) is 29.1 Å². The lowest BCUT2D eigenvalue weighted by molar-refractivity contribution is -0.117.